The largest absolute Gasteiger partial charge is 0.480 e. The minimum absolute atomic E-state index is 0.00814. The van der Waals surface area contributed by atoms with Gasteiger partial charge in [-0.15, -0.1) is 0 Å². The molecular weight excluding hydrogens is 444 g/mol. The van der Waals surface area contributed by atoms with E-state index in [1.807, 2.05) is 12.1 Å². The number of carbonyl (C=O) groups excluding carboxylic acids is 1. The highest BCUT2D eigenvalue weighted by molar-refractivity contribution is 7.89. The molecule has 0 aliphatic rings. The zero-order valence-electron chi connectivity index (χ0n) is 18.5. The molecule has 0 aliphatic carbocycles. The quantitative estimate of drug-likeness (QED) is 0.169. The molecule has 0 bridgehead atoms. The standard InChI is InChI=1S/C23H30N4O5S/c1-2-23(22(29)30,27-33(31,32)19-9-4-3-5-10-19)16-26-20(28)11-7-6-8-17-12-14-18(15-13-17)21(24)25/h3-5,9-10,12-15,27H,2,6-8,11,16H2,1H3,(H3,24,25)(H,26,28)(H,29,30)/t23-/m0/s1. The molecule has 0 unspecified atom stereocenters. The number of hydrogen-bond acceptors (Lipinski definition) is 5. The Bertz CT molecular complexity index is 1070. The van der Waals surface area contributed by atoms with Crippen molar-refractivity contribution < 1.29 is 23.1 Å². The number of aliphatic carboxylic acids is 1. The Hall–Kier alpha value is -3.24. The van der Waals surface area contributed by atoms with Crippen LogP contribution < -0.4 is 15.8 Å². The fraction of sp³-hybridized carbons (Fsp3) is 0.348. The van der Waals surface area contributed by atoms with Gasteiger partial charge in [0.2, 0.25) is 15.9 Å². The van der Waals surface area contributed by atoms with E-state index < -0.39 is 21.5 Å². The minimum atomic E-state index is -4.09. The predicted octanol–water partition coefficient (Wildman–Crippen LogP) is 2.01. The Balaban J connectivity index is 1.89. The van der Waals surface area contributed by atoms with Gasteiger partial charge in [-0.05, 0) is 43.4 Å². The minimum Gasteiger partial charge on any atom is -0.480 e. The lowest BCUT2D eigenvalue weighted by Gasteiger charge is -2.29. The van der Waals surface area contributed by atoms with Gasteiger partial charge in [0.15, 0.2) is 0 Å². The maximum atomic E-state index is 12.7. The molecule has 0 aromatic heterocycles. The summed E-state index contributed by atoms with van der Waals surface area (Å²) in [5.74, 6) is -1.70. The SMILES string of the molecule is CC[C@@](CNC(=O)CCCCc1ccc(C(=N)N)cc1)(NS(=O)(=O)c1ccccc1)C(=O)O. The number of amidine groups is 1. The molecule has 178 valence electrons. The first-order valence-electron chi connectivity index (χ1n) is 10.6. The van der Waals surface area contributed by atoms with E-state index in [2.05, 4.69) is 10.0 Å². The monoisotopic (exact) mass is 474 g/mol. The maximum absolute atomic E-state index is 12.7. The molecule has 1 atom stereocenters. The molecule has 0 radical (unpaired) electrons. The number of aryl methyl sites for hydroxylation is 1. The fourth-order valence-electron chi connectivity index (χ4n) is 3.22. The molecule has 0 fully saturated rings. The first-order chi connectivity index (χ1) is 15.6. The van der Waals surface area contributed by atoms with Crippen molar-refractivity contribution >= 4 is 27.7 Å². The van der Waals surface area contributed by atoms with Crippen LogP contribution >= 0.6 is 0 Å². The highest BCUT2D eigenvalue weighted by atomic mass is 32.2. The molecule has 2 aromatic carbocycles. The summed E-state index contributed by atoms with van der Waals surface area (Å²) in [6.45, 7) is 1.18. The van der Waals surface area contributed by atoms with Crippen LogP contribution in [0.1, 0.15) is 43.7 Å². The lowest BCUT2D eigenvalue weighted by atomic mass is 9.97. The number of nitrogens with one attached hydrogen (secondary N) is 3. The molecule has 1 amide bonds. The van der Waals surface area contributed by atoms with E-state index in [1.54, 1.807) is 37.3 Å². The number of rotatable bonds is 13. The highest BCUT2D eigenvalue weighted by Gasteiger charge is 2.41. The van der Waals surface area contributed by atoms with Crippen molar-refractivity contribution in [1.82, 2.24) is 10.0 Å². The lowest BCUT2D eigenvalue weighted by molar-refractivity contribution is -0.144. The molecule has 2 rings (SSSR count). The van der Waals surface area contributed by atoms with Gasteiger partial charge < -0.3 is 16.2 Å². The van der Waals surface area contributed by atoms with Crippen molar-refractivity contribution in [2.75, 3.05) is 6.54 Å². The van der Waals surface area contributed by atoms with E-state index in [-0.39, 0.29) is 36.0 Å². The van der Waals surface area contributed by atoms with Crippen LogP contribution in [0.5, 0.6) is 0 Å². The summed E-state index contributed by atoms with van der Waals surface area (Å²) < 4.78 is 27.6. The van der Waals surface area contributed by atoms with Crippen molar-refractivity contribution in [2.24, 2.45) is 5.73 Å². The molecule has 0 heterocycles. The third-order valence-corrected chi connectivity index (χ3v) is 6.92. The zero-order valence-corrected chi connectivity index (χ0v) is 19.3. The summed E-state index contributed by atoms with van der Waals surface area (Å²) in [4.78, 5) is 24.2. The van der Waals surface area contributed by atoms with Crippen LogP contribution in [0, 0.1) is 5.41 Å². The van der Waals surface area contributed by atoms with Gasteiger partial charge in [0, 0.05) is 18.5 Å². The van der Waals surface area contributed by atoms with E-state index in [4.69, 9.17) is 11.1 Å². The van der Waals surface area contributed by atoms with E-state index in [0.717, 1.165) is 18.4 Å². The van der Waals surface area contributed by atoms with Crippen molar-refractivity contribution in [2.45, 2.75) is 49.5 Å². The topological polar surface area (TPSA) is 162 Å². The van der Waals surface area contributed by atoms with Crippen LogP contribution in [0.25, 0.3) is 0 Å². The summed E-state index contributed by atoms with van der Waals surface area (Å²) in [5, 5.41) is 19.7. The van der Waals surface area contributed by atoms with E-state index in [9.17, 15) is 23.1 Å². The van der Waals surface area contributed by atoms with Crippen molar-refractivity contribution in [3.8, 4) is 0 Å². The Morgan fingerprint density at radius 3 is 2.24 bits per heavy atom. The number of carboxylic acid groups (broad SMARTS) is 1. The van der Waals surface area contributed by atoms with Crippen LogP contribution in [-0.4, -0.2) is 43.3 Å². The van der Waals surface area contributed by atoms with Gasteiger partial charge in [-0.2, -0.15) is 4.72 Å². The van der Waals surface area contributed by atoms with E-state index in [0.29, 0.717) is 12.0 Å². The number of carboxylic acids is 1. The van der Waals surface area contributed by atoms with Crippen molar-refractivity contribution in [3.63, 3.8) is 0 Å². The number of amides is 1. The van der Waals surface area contributed by atoms with Gasteiger partial charge in [-0.1, -0.05) is 49.4 Å². The summed E-state index contributed by atoms with van der Waals surface area (Å²) in [6.07, 6.45) is 2.21. The number of sulfonamides is 1. The first-order valence-corrected chi connectivity index (χ1v) is 12.1. The van der Waals surface area contributed by atoms with Gasteiger partial charge in [-0.25, -0.2) is 8.42 Å². The maximum Gasteiger partial charge on any atom is 0.326 e. The second-order valence-electron chi connectivity index (χ2n) is 7.75. The molecule has 2 aromatic rings. The van der Waals surface area contributed by atoms with E-state index in [1.165, 1.54) is 12.1 Å². The number of nitrogens with two attached hydrogens (primary N) is 1. The molecule has 0 aliphatic heterocycles. The number of unbranched alkanes of at least 4 members (excludes halogenated alkanes) is 1. The molecule has 9 nitrogen and oxygen atoms in total. The fourth-order valence-corrected chi connectivity index (χ4v) is 4.67. The lowest BCUT2D eigenvalue weighted by Crippen LogP contribution is -2.60. The average molecular weight is 475 g/mol. The number of carbonyl (C=O) groups is 2. The van der Waals surface area contributed by atoms with Gasteiger partial charge in [-0.3, -0.25) is 15.0 Å². The molecular formula is C23H30N4O5S. The van der Waals surface area contributed by atoms with Crippen molar-refractivity contribution in [1.29, 1.82) is 5.41 Å². The van der Waals surface area contributed by atoms with Crippen LogP contribution in [0.2, 0.25) is 0 Å². The molecule has 0 saturated carbocycles. The normalized spacial score (nSPS) is 13.1. The Morgan fingerprint density at radius 2 is 1.70 bits per heavy atom. The molecule has 0 saturated heterocycles. The van der Waals surface area contributed by atoms with Crippen LogP contribution in [-0.2, 0) is 26.0 Å². The summed E-state index contributed by atoms with van der Waals surface area (Å²) in [7, 11) is -4.09. The molecule has 6 N–H and O–H groups in total. The first kappa shape index (κ1) is 26.0. The summed E-state index contributed by atoms with van der Waals surface area (Å²) in [6, 6.07) is 14.8. The van der Waals surface area contributed by atoms with Crippen LogP contribution in [0.4, 0.5) is 0 Å². The third kappa shape index (κ3) is 7.40. The summed E-state index contributed by atoms with van der Waals surface area (Å²) >= 11 is 0. The average Bonchev–Trinajstić information content (AvgIpc) is 2.80. The van der Waals surface area contributed by atoms with Gasteiger partial charge in [0.1, 0.15) is 11.4 Å². The number of nitrogen functional groups attached to an aromatic ring is 1. The highest BCUT2D eigenvalue weighted by Crippen LogP contribution is 2.17. The predicted molar refractivity (Wildman–Crippen MR) is 125 cm³/mol. The Kier molecular flexibility index (Phi) is 9.12. The second kappa shape index (κ2) is 11.6. The van der Waals surface area contributed by atoms with Crippen molar-refractivity contribution in [3.05, 3.63) is 65.7 Å². The Morgan fingerprint density at radius 1 is 1.06 bits per heavy atom. The van der Waals surface area contributed by atoms with Crippen LogP contribution in [0.15, 0.2) is 59.5 Å². The Labute approximate surface area is 194 Å². The summed E-state index contributed by atoms with van der Waals surface area (Å²) in [5.41, 5.74) is 5.29. The smallest absolute Gasteiger partial charge is 0.326 e. The number of hydrogen-bond donors (Lipinski definition) is 5. The zero-order chi connectivity index (χ0) is 24.5. The molecule has 0 spiro atoms. The molecule has 33 heavy (non-hydrogen) atoms. The van der Waals surface area contributed by atoms with Gasteiger partial charge >= 0.3 is 5.97 Å². The van der Waals surface area contributed by atoms with Gasteiger partial charge in [0.25, 0.3) is 0 Å². The third-order valence-electron chi connectivity index (χ3n) is 5.37. The van der Waals surface area contributed by atoms with Gasteiger partial charge in [0.05, 0.1) is 4.90 Å². The second-order valence-corrected chi connectivity index (χ2v) is 9.44. The molecule has 10 heteroatoms. The number of benzene rings is 2. The van der Waals surface area contributed by atoms with E-state index >= 15 is 0 Å². The van der Waals surface area contributed by atoms with Crippen LogP contribution in [0.3, 0.4) is 0 Å².